The quantitative estimate of drug-likeness (QED) is 0.0372. The number of imidazole rings is 2. The van der Waals surface area contributed by atoms with E-state index in [9.17, 15) is 19.5 Å². The molecular weight excluding hydrogens is 1030 g/mol. The van der Waals surface area contributed by atoms with Crippen LogP contribution in [0.4, 0.5) is 16.4 Å². The SMILES string of the molecule is CC(C)(C)OC(=O)NCCOCCN.COc1cccc2cc(-c3nc(C4CCC(C(=O)CCCOCCN)CC4)n4ncnc(N)c34)[nH]c12.COc1cccc2cc(-c3nc(C4CCC(C(=O)O)CC4)n4ncnc(N)c34)[nH]c12. The van der Waals surface area contributed by atoms with Crippen molar-refractivity contribution in [2.45, 2.75) is 102 Å². The van der Waals surface area contributed by atoms with Crippen molar-refractivity contribution in [3.05, 3.63) is 72.8 Å². The molecule has 24 nitrogen and oxygen atoms in total. The van der Waals surface area contributed by atoms with Crippen molar-refractivity contribution in [2.75, 3.05) is 71.7 Å². The van der Waals surface area contributed by atoms with Gasteiger partial charge in [0, 0.05) is 61.2 Å². The first-order valence-corrected chi connectivity index (χ1v) is 27.2. The molecule has 2 saturated carbocycles. The van der Waals surface area contributed by atoms with E-state index in [-0.39, 0.29) is 23.7 Å². The number of para-hydroxylation sites is 2. The number of H-pyrrole nitrogens is 2. The zero-order valence-electron chi connectivity index (χ0n) is 46.2. The number of ketones is 1. The van der Waals surface area contributed by atoms with Crippen LogP contribution in [0, 0.1) is 11.8 Å². The summed E-state index contributed by atoms with van der Waals surface area (Å²) in [6.07, 6.45) is 10.00. The largest absolute Gasteiger partial charge is 0.495 e. The highest BCUT2D eigenvalue weighted by Crippen LogP contribution is 2.41. The Morgan fingerprint density at radius 1 is 0.688 bits per heavy atom. The lowest BCUT2D eigenvalue weighted by molar-refractivity contribution is -0.142. The summed E-state index contributed by atoms with van der Waals surface area (Å²) in [4.78, 5) is 60.3. The predicted molar refractivity (Wildman–Crippen MR) is 303 cm³/mol. The third-order valence-electron chi connectivity index (χ3n) is 14.3. The number of Topliss-reactive ketones (excluding diaryl/α,β-unsaturated/α-hetero) is 1. The Kier molecular flexibility index (Phi) is 19.5. The van der Waals surface area contributed by atoms with Gasteiger partial charge in [-0.3, -0.25) is 9.59 Å². The van der Waals surface area contributed by atoms with Crippen molar-refractivity contribution in [3.63, 3.8) is 0 Å². The highest BCUT2D eigenvalue weighted by Gasteiger charge is 2.33. The fraction of sp³-hybridized carbons (Fsp3) is 0.482. The van der Waals surface area contributed by atoms with Gasteiger partial charge in [0.25, 0.3) is 0 Å². The third-order valence-corrected chi connectivity index (χ3v) is 14.3. The van der Waals surface area contributed by atoms with E-state index in [0.717, 1.165) is 107 Å². The van der Waals surface area contributed by atoms with Gasteiger partial charge in [0.05, 0.1) is 62.4 Å². The summed E-state index contributed by atoms with van der Waals surface area (Å²) in [7, 11) is 3.29. The number of aromatic amines is 2. The highest BCUT2D eigenvalue weighted by molar-refractivity contribution is 5.95. The molecule has 0 atom stereocenters. The number of aliphatic carboxylic acids is 1. The average Bonchev–Trinajstić information content (AvgIpc) is 4.39. The number of anilines is 2. The maximum absolute atomic E-state index is 12.7. The summed E-state index contributed by atoms with van der Waals surface area (Å²) in [6, 6.07) is 15.8. The Bertz CT molecular complexity index is 3360. The predicted octanol–water partition coefficient (Wildman–Crippen LogP) is 7.17. The number of hydrogen-bond donors (Lipinski definition) is 8. The Labute approximate surface area is 463 Å². The fourth-order valence-electron chi connectivity index (χ4n) is 10.4. The number of hydrogen-bond acceptors (Lipinski definition) is 18. The smallest absolute Gasteiger partial charge is 0.407 e. The second kappa shape index (κ2) is 26.8. The van der Waals surface area contributed by atoms with Crippen LogP contribution in [0.3, 0.4) is 0 Å². The van der Waals surface area contributed by atoms with Crippen LogP contribution in [-0.2, 0) is 23.8 Å². The molecule has 8 aromatic rings. The molecular formula is C56H75N15O9. The number of nitrogens with one attached hydrogen (secondary N) is 3. The van der Waals surface area contributed by atoms with Gasteiger partial charge in [0.15, 0.2) is 11.6 Å². The van der Waals surface area contributed by atoms with Gasteiger partial charge >= 0.3 is 12.1 Å². The number of nitrogen functional groups attached to an aromatic ring is 2. The van der Waals surface area contributed by atoms with E-state index in [1.807, 2.05) is 73.8 Å². The van der Waals surface area contributed by atoms with Gasteiger partial charge < -0.3 is 67.0 Å². The number of amides is 1. The van der Waals surface area contributed by atoms with E-state index in [1.165, 1.54) is 12.7 Å². The highest BCUT2D eigenvalue weighted by atomic mass is 16.6. The molecule has 80 heavy (non-hydrogen) atoms. The van der Waals surface area contributed by atoms with Gasteiger partial charge in [0.2, 0.25) is 0 Å². The number of fused-ring (bicyclic) bond motifs is 4. The summed E-state index contributed by atoms with van der Waals surface area (Å²) in [5, 5.41) is 22.8. The molecule has 0 aliphatic heterocycles. The van der Waals surface area contributed by atoms with Gasteiger partial charge in [-0.2, -0.15) is 10.2 Å². The van der Waals surface area contributed by atoms with Crippen LogP contribution in [0.15, 0.2) is 61.2 Å². The number of carboxylic acids is 1. The molecule has 0 spiro atoms. The number of rotatable bonds is 19. The van der Waals surface area contributed by atoms with E-state index in [0.29, 0.717) is 99.5 Å². The monoisotopic (exact) mass is 1100 g/mol. The van der Waals surface area contributed by atoms with Crippen molar-refractivity contribution in [3.8, 4) is 34.3 Å². The minimum atomic E-state index is -0.722. The summed E-state index contributed by atoms with van der Waals surface area (Å²) >= 11 is 0. The number of carbonyl (C=O) groups is 3. The van der Waals surface area contributed by atoms with Crippen LogP contribution in [-0.4, -0.2) is 138 Å². The number of ether oxygens (including phenoxy) is 5. The fourth-order valence-corrected chi connectivity index (χ4v) is 10.4. The zero-order valence-corrected chi connectivity index (χ0v) is 46.2. The van der Waals surface area contributed by atoms with Crippen LogP contribution in [0.5, 0.6) is 11.5 Å². The van der Waals surface area contributed by atoms with E-state index in [1.54, 1.807) is 18.7 Å². The van der Waals surface area contributed by atoms with Crippen molar-refractivity contribution < 1.29 is 43.2 Å². The number of methoxy groups -OCH3 is 2. The number of carboxylic acid groups (broad SMARTS) is 1. The maximum Gasteiger partial charge on any atom is 0.407 e. The lowest BCUT2D eigenvalue weighted by atomic mass is 9.79. The Morgan fingerprint density at radius 3 is 1.61 bits per heavy atom. The van der Waals surface area contributed by atoms with Crippen molar-refractivity contribution >= 4 is 62.3 Å². The lowest BCUT2D eigenvalue weighted by Crippen LogP contribution is -2.34. The average molecular weight is 1100 g/mol. The molecule has 2 aliphatic carbocycles. The van der Waals surface area contributed by atoms with E-state index in [2.05, 4.69) is 35.5 Å². The van der Waals surface area contributed by atoms with Gasteiger partial charge in [0.1, 0.15) is 69.6 Å². The van der Waals surface area contributed by atoms with Crippen LogP contribution < -0.4 is 37.7 Å². The first-order chi connectivity index (χ1) is 38.6. The molecule has 6 heterocycles. The Balaban J connectivity index is 0.000000173. The molecule has 2 aromatic carbocycles. The first-order valence-electron chi connectivity index (χ1n) is 27.2. The normalized spacial score (nSPS) is 17.4. The van der Waals surface area contributed by atoms with Gasteiger partial charge in [-0.05, 0) is 103 Å². The molecule has 6 aromatic heterocycles. The first kappa shape index (κ1) is 58.2. The van der Waals surface area contributed by atoms with Crippen molar-refractivity contribution in [1.29, 1.82) is 0 Å². The van der Waals surface area contributed by atoms with E-state index in [4.69, 9.17) is 56.6 Å². The van der Waals surface area contributed by atoms with Crippen molar-refractivity contribution in [2.24, 2.45) is 23.3 Å². The summed E-state index contributed by atoms with van der Waals surface area (Å²) < 4.78 is 30.0. The third kappa shape index (κ3) is 13.9. The zero-order chi connectivity index (χ0) is 56.9. The standard InChI is InChI=1S/C26H33N7O3.C21H22N6O3.C9H20N2O3/c1-35-21-6-2-4-18-14-19(31-22(18)21)23-24-25(28)29-15-30-33(24)26(32-23)17-9-7-16(8-10-17)20(34)5-3-12-36-13-11-27;1-30-15-4-2-3-13-9-14(25-16(13)15)17-18-19(22)23-10-24-27(18)20(26-17)11-5-7-12(8-6-11)21(28)29;1-9(2,3)14-8(12)11-5-7-13-6-4-10/h2,4,6,14-17,31H,3,5,7-13,27H2,1H3,(H2,28,29,30);2-4,9-12,25H,5-8H2,1H3,(H,28,29)(H2,22,23,24);4-7,10H2,1-3H3,(H,11,12). The molecule has 12 N–H and O–H groups in total. The summed E-state index contributed by atoms with van der Waals surface area (Å²) in [6.45, 7) is 8.98. The Hall–Kier alpha value is -7.93. The molecule has 1 amide bonds. The molecule has 0 unspecified atom stereocenters. The van der Waals surface area contributed by atoms with Crippen molar-refractivity contribution in [1.82, 2.24) is 54.4 Å². The number of carbonyl (C=O) groups excluding carboxylic acids is 2. The van der Waals surface area contributed by atoms with Gasteiger partial charge in [-0.25, -0.2) is 33.8 Å². The minimum absolute atomic E-state index is 0.0994. The maximum atomic E-state index is 12.7. The van der Waals surface area contributed by atoms with E-state index < -0.39 is 17.7 Å². The topological polar surface area (TPSA) is 351 Å². The van der Waals surface area contributed by atoms with Gasteiger partial charge in [-0.1, -0.05) is 24.3 Å². The second-order valence-corrected chi connectivity index (χ2v) is 20.9. The van der Waals surface area contributed by atoms with Crippen LogP contribution in [0.25, 0.3) is 55.6 Å². The summed E-state index contributed by atoms with van der Waals surface area (Å²) in [5.41, 5.74) is 28.9. The number of nitrogens with zero attached hydrogens (tertiary/aromatic N) is 8. The molecule has 0 radical (unpaired) electrons. The molecule has 428 valence electrons. The number of benzene rings is 2. The number of aromatic nitrogens is 10. The molecule has 2 fully saturated rings. The Morgan fingerprint density at radius 2 is 1.16 bits per heavy atom. The molecule has 24 heteroatoms. The van der Waals surface area contributed by atoms with E-state index >= 15 is 0 Å². The van der Waals surface area contributed by atoms with Crippen LogP contribution >= 0.6 is 0 Å². The lowest BCUT2D eigenvalue weighted by Gasteiger charge is -2.26. The molecule has 0 saturated heterocycles. The van der Waals surface area contributed by atoms with Crippen LogP contribution in [0.2, 0.25) is 0 Å². The molecule has 2 aliphatic rings. The van der Waals surface area contributed by atoms with Crippen LogP contribution in [0.1, 0.15) is 108 Å². The van der Waals surface area contributed by atoms with Gasteiger partial charge in [-0.15, -0.1) is 0 Å². The molecule has 10 rings (SSSR count). The number of alkyl carbamates (subject to hydrolysis) is 1. The summed E-state index contributed by atoms with van der Waals surface area (Å²) in [5.74, 6) is 3.64. The number of nitrogens with two attached hydrogens (primary N) is 4. The minimum Gasteiger partial charge on any atom is -0.495 e. The second-order valence-electron chi connectivity index (χ2n) is 20.9. The molecule has 0 bridgehead atoms.